The molecule has 5 heteroatoms. The van der Waals surface area contributed by atoms with E-state index in [2.05, 4.69) is 4.98 Å². The van der Waals surface area contributed by atoms with Crippen molar-refractivity contribution in [2.75, 3.05) is 27.7 Å². The zero-order valence-electron chi connectivity index (χ0n) is 15.2. The van der Waals surface area contributed by atoms with Crippen LogP contribution in [0.15, 0.2) is 60.7 Å². The first-order valence-electron chi connectivity index (χ1n) is 8.49. The summed E-state index contributed by atoms with van der Waals surface area (Å²) in [7, 11) is 5.70. The number of rotatable bonds is 5. The SMILES string of the molecule is CN(C)C[C@H](c1ccccc1)N(C)C(=O)c1ccc2cccc(F)c2n1. The Morgan fingerprint density at radius 2 is 1.73 bits per heavy atom. The first-order chi connectivity index (χ1) is 12.5. The molecule has 0 saturated carbocycles. The van der Waals surface area contributed by atoms with Gasteiger partial charge < -0.3 is 9.80 Å². The zero-order valence-corrected chi connectivity index (χ0v) is 15.2. The van der Waals surface area contributed by atoms with E-state index in [1.807, 2.05) is 49.3 Å². The fraction of sp³-hybridized carbons (Fsp3) is 0.238. The highest BCUT2D eigenvalue weighted by Gasteiger charge is 2.24. The van der Waals surface area contributed by atoms with Gasteiger partial charge in [0.1, 0.15) is 17.0 Å². The first kappa shape index (κ1) is 18.0. The molecule has 1 heterocycles. The number of hydrogen-bond acceptors (Lipinski definition) is 3. The molecule has 0 aliphatic rings. The van der Waals surface area contributed by atoms with Gasteiger partial charge in [0.25, 0.3) is 5.91 Å². The van der Waals surface area contributed by atoms with Gasteiger partial charge in [-0.3, -0.25) is 4.79 Å². The molecule has 2 aromatic carbocycles. The molecule has 0 N–H and O–H groups in total. The van der Waals surface area contributed by atoms with Crippen LogP contribution in [0.1, 0.15) is 22.1 Å². The molecule has 0 unspecified atom stereocenters. The molecule has 0 bridgehead atoms. The Morgan fingerprint density at radius 1 is 1.00 bits per heavy atom. The van der Waals surface area contributed by atoms with Gasteiger partial charge in [0, 0.05) is 19.0 Å². The summed E-state index contributed by atoms with van der Waals surface area (Å²) >= 11 is 0. The van der Waals surface area contributed by atoms with Gasteiger partial charge in [0.2, 0.25) is 0 Å². The molecule has 1 aromatic heterocycles. The predicted molar refractivity (Wildman–Crippen MR) is 102 cm³/mol. The highest BCUT2D eigenvalue weighted by Crippen LogP contribution is 2.23. The number of benzene rings is 2. The fourth-order valence-corrected chi connectivity index (χ4v) is 3.02. The average molecular weight is 351 g/mol. The maximum Gasteiger partial charge on any atom is 0.272 e. The Bertz CT molecular complexity index is 912. The van der Waals surface area contributed by atoms with Gasteiger partial charge in [-0.25, -0.2) is 9.37 Å². The maximum absolute atomic E-state index is 14.0. The van der Waals surface area contributed by atoms with E-state index in [9.17, 15) is 9.18 Å². The lowest BCUT2D eigenvalue weighted by Crippen LogP contribution is -2.37. The molecule has 3 aromatic rings. The van der Waals surface area contributed by atoms with Crippen molar-refractivity contribution in [3.8, 4) is 0 Å². The van der Waals surface area contributed by atoms with Crippen molar-refractivity contribution < 1.29 is 9.18 Å². The van der Waals surface area contributed by atoms with E-state index in [0.29, 0.717) is 11.9 Å². The summed E-state index contributed by atoms with van der Waals surface area (Å²) in [6.45, 7) is 0.675. The van der Waals surface area contributed by atoms with Crippen LogP contribution in [0.4, 0.5) is 4.39 Å². The van der Waals surface area contributed by atoms with E-state index in [4.69, 9.17) is 0 Å². The quantitative estimate of drug-likeness (QED) is 0.702. The largest absolute Gasteiger partial charge is 0.332 e. The molecule has 4 nitrogen and oxygen atoms in total. The van der Waals surface area contributed by atoms with Crippen LogP contribution in [-0.2, 0) is 0 Å². The Labute approximate surface area is 152 Å². The van der Waals surface area contributed by atoms with Crippen LogP contribution in [0.5, 0.6) is 0 Å². The third-order valence-corrected chi connectivity index (χ3v) is 4.40. The fourth-order valence-electron chi connectivity index (χ4n) is 3.02. The van der Waals surface area contributed by atoms with Crippen molar-refractivity contribution in [1.29, 1.82) is 0 Å². The number of amides is 1. The summed E-state index contributed by atoms with van der Waals surface area (Å²) in [6, 6.07) is 17.9. The second kappa shape index (κ2) is 7.62. The summed E-state index contributed by atoms with van der Waals surface area (Å²) in [6.07, 6.45) is 0. The van der Waals surface area contributed by atoms with Crippen LogP contribution in [0.2, 0.25) is 0 Å². The molecular formula is C21H22FN3O. The van der Waals surface area contributed by atoms with Gasteiger partial charge in [-0.2, -0.15) is 0 Å². The number of fused-ring (bicyclic) bond motifs is 1. The Balaban J connectivity index is 1.95. The molecule has 134 valence electrons. The highest BCUT2D eigenvalue weighted by molar-refractivity contribution is 5.95. The second-order valence-electron chi connectivity index (χ2n) is 6.61. The number of carbonyl (C=O) groups is 1. The number of carbonyl (C=O) groups excluding carboxylic acids is 1. The zero-order chi connectivity index (χ0) is 18.7. The summed E-state index contributed by atoms with van der Waals surface area (Å²) < 4.78 is 14.0. The van der Waals surface area contributed by atoms with Crippen molar-refractivity contribution in [1.82, 2.24) is 14.8 Å². The lowest BCUT2D eigenvalue weighted by atomic mass is 10.0. The summed E-state index contributed by atoms with van der Waals surface area (Å²) in [5.74, 6) is -0.654. The highest BCUT2D eigenvalue weighted by atomic mass is 19.1. The van der Waals surface area contributed by atoms with Crippen molar-refractivity contribution in [2.24, 2.45) is 0 Å². The number of hydrogen-bond donors (Lipinski definition) is 0. The van der Waals surface area contributed by atoms with Crippen LogP contribution < -0.4 is 0 Å². The molecule has 26 heavy (non-hydrogen) atoms. The van der Waals surface area contributed by atoms with Crippen LogP contribution in [0, 0.1) is 5.82 Å². The Kier molecular flexibility index (Phi) is 5.28. The van der Waals surface area contributed by atoms with Gasteiger partial charge in [0.05, 0.1) is 6.04 Å². The molecule has 0 radical (unpaired) electrons. The van der Waals surface area contributed by atoms with E-state index in [0.717, 1.165) is 5.56 Å². The number of aromatic nitrogens is 1. The molecular weight excluding hydrogens is 329 g/mol. The van der Waals surface area contributed by atoms with Gasteiger partial charge in [-0.05, 0) is 31.8 Å². The lowest BCUT2D eigenvalue weighted by molar-refractivity contribution is 0.0700. The van der Waals surface area contributed by atoms with Crippen LogP contribution in [0.3, 0.4) is 0 Å². The van der Waals surface area contributed by atoms with E-state index >= 15 is 0 Å². The molecule has 0 fully saturated rings. The lowest BCUT2D eigenvalue weighted by Gasteiger charge is -2.30. The average Bonchev–Trinajstić information content (AvgIpc) is 2.65. The minimum absolute atomic E-state index is 0.128. The van der Waals surface area contributed by atoms with E-state index < -0.39 is 5.82 Å². The Morgan fingerprint density at radius 3 is 2.42 bits per heavy atom. The minimum Gasteiger partial charge on any atom is -0.332 e. The van der Waals surface area contributed by atoms with Gasteiger partial charge in [0.15, 0.2) is 0 Å². The number of nitrogens with zero attached hydrogens (tertiary/aromatic N) is 3. The molecule has 0 spiro atoms. The summed E-state index contributed by atoms with van der Waals surface area (Å²) in [4.78, 5) is 21.0. The van der Waals surface area contributed by atoms with E-state index in [1.165, 1.54) is 6.07 Å². The number of pyridine rings is 1. The Hall–Kier alpha value is -2.79. The molecule has 0 saturated heterocycles. The maximum atomic E-state index is 14.0. The third kappa shape index (κ3) is 3.73. The number of likely N-dealkylation sites (N-methyl/N-ethyl adjacent to an activating group) is 2. The second-order valence-corrected chi connectivity index (χ2v) is 6.61. The van der Waals surface area contributed by atoms with Crippen molar-refractivity contribution in [3.63, 3.8) is 0 Å². The molecule has 3 rings (SSSR count). The molecule has 1 amide bonds. The van der Waals surface area contributed by atoms with E-state index in [1.54, 1.807) is 36.2 Å². The van der Waals surface area contributed by atoms with Crippen molar-refractivity contribution >= 4 is 16.8 Å². The van der Waals surface area contributed by atoms with Crippen molar-refractivity contribution in [2.45, 2.75) is 6.04 Å². The summed E-state index contributed by atoms with van der Waals surface area (Å²) in [5, 5.41) is 0.678. The molecule has 0 aliphatic heterocycles. The van der Waals surface area contributed by atoms with E-state index in [-0.39, 0.29) is 23.2 Å². The number of halogens is 1. The standard InChI is InChI=1S/C21H22FN3O/c1-24(2)14-19(15-8-5-4-6-9-15)25(3)21(26)18-13-12-16-10-7-11-17(22)20(16)23-18/h4-13,19H,14H2,1-3H3/t19-/m1/s1. The minimum atomic E-state index is -0.423. The monoisotopic (exact) mass is 351 g/mol. The summed E-state index contributed by atoms with van der Waals surface area (Å²) in [5.41, 5.74) is 1.50. The van der Waals surface area contributed by atoms with Crippen LogP contribution in [-0.4, -0.2) is 48.4 Å². The van der Waals surface area contributed by atoms with Gasteiger partial charge >= 0.3 is 0 Å². The van der Waals surface area contributed by atoms with Crippen molar-refractivity contribution in [3.05, 3.63) is 77.7 Å². The predicted octanol–water partition coefficient (Wildman–Crippen LogP) is 3.75. The first-order valence-corrected chi connectivity index (χ1v) is 8.49. The molecule has 0 aliphatic carbocycles. The third-order valence-electron chi connectivity index (χ3n) is 4.40. The van der Waals surface area contributed by atoms with Gasteiger partial charge in [-0.1, -0.05) is 48.5 Å². The van der Waals surface area contributed by atoms with Gasteiger partial charge in [-0.15, -0.1) is 0 Å². The molecule has 1 atom stereocenters. The smallest absolute Gasteiger partial charge is 0.272 e. The normalized spacial score (nSPS) is 12.3. The number of para-hydroxylation sites is 1. The van der Waals surface area contributed by atoms with Crippen LogP contribution in [0.25, 0.3) is 10.9 Å². The topological polar surface area (TPSA) is 36.4 Å². The van der Waals surface area contributed by atoms with Crippen LogP contribution >= 0.6 is 0 Å².